The Labute approximate surface area is 166 Å². The van der Waals surface area contributed by atoms with Crippen LogP contribution in [0, 0.1) is 6.92 Å². The summed E-state index contributed by atoms with van der Waals surface area (Å²) in [7, 11) is 1.68. The first-order valence-electron chi connectivity index (χ1n) is 9.10. The van der Waals surface area contributed by atoms with Crippen LogP contribution in [-0.2, 0) is 0 Å². The lowest BCUT2D eigenvalue weighted by Crippen LogP contribution is -1.85. The number of rotatable bonds is 4. The maximum absolute atomic E-state index is 5.31. The Hall–Kier alpha value is -3.31. The Morgan fingerprint density at radius 1 is 0.964 bits per heavy atom. The van der Waals surface area contributed by atoms with Crippen molar-refractivity contribution in [1.82, 2.24) is 15.0 Å². The monoisotopic (exact) mass is 385 g/mol. The van der Waals surface area contributed by atoms with E-state index in [-0.39, 0.29) is 0 Å². The molecule has 0 spiro atoms. The number of nitrogens with one attached hydrogen (secondary N) is 2. The molecular weight excluding hydrogens is 366 g/mol. The van der Waals surface area contributed by atoms with Crippen molar-refractivity contribution in [3.63, 3.8) is 0 Å². The van der Waals surface area contributed by atoms with Crippen LogP contribution in [-0.4, -0.2) is 22.1 Å². The summed E-state index contributed by atoms with van der Waals surface area (Å²) in [4.78, 5) is 14.3. The smallest absolute Gasteiger partial charge is 0.148 e. The van der Waals surface area contributed by atoms with E-state index < -0.39 is 0 Å². The van der Waals surface area contributed by atoms with E-state index in [9.17, 15) is 0 Å². The molecular formula is C23H19N3OS. The van der Waals surface area contributed by atoms with Crippen LogP contribution in [0.5, 0.6) is 5.75 Å². The highest BCUT2D eigenvalue weighted by Gasteiger charge is 2.18. The molecule has 0 aliphatic rings. The molecule has 5 heteroatoms. The number of aromatic nitrogens is 3. The fraction of sp³-hybridized carbons (Fsp3) is 0.0870. The van der Waals surface area contributed by atoms with Gasteiger partial charge in [-0.1, -0.05) is 18.2 Å². The normalized spacial score (nSPS) is 11.2. The zero-order valence-electron chi connectivity index (χ0n) is 15.6. The summed E-state index contributed by atoms with van der Waals surface area (Å²) < 4.78 is 5.31. The molecule has 138 valence electrons. The summed E-state index contributed by atoms with van der Waals surface area (Å²) in [6.07, 6.45) is 2.05. The van der Waals surface area contributed by atoms with Gasteiger partial charge in [-0.3, -0.25) is 0 Å². The third kappa shape index (κ3) is 2.80. The van der Waals surface area contributed by atoms with Gasteiger partial charge >= 0.3 is 0 Å². The van der Waals surface area contributed by atoms with Gasteiger partial charge in [-0.25, -0.2) is 4.98 Å². The predicted octanol–water partition coefficient (Wildman–Crippen LogP) is 6.27. The van der Waals surface area contributed by atoms with Crippen LogP contribution in [0.3, 0.4) is 0 Å². The molecule has 5 aromatic rings. The summed E-state index contributed by atoms with van der Waals surface area (Å²) in [6.45, 7) is 2.11. The Balaban J connectivity index is 1.72. The highest BCUT2D eigenvalue weighted by Crippen LogP contribution is 2.38. The highest BCUT2D eigenvalue weighted by atomic mass is 32.1. The summed E-state index contributed by atoms with van der Waals surface area (Å²) in [5.74, 6) is 1.73. The number of aryl methyl sites for hydroxylation is 1. The van der Waals surface area contributed by atoms with Gasteiger partial charge in [-0.15, -0.1) is 11.3 Å². The summed E-state index contributed by atoms with van der Waals surface area (Å²) in [5.41, 5.74) is 5.24. The molecule has 0 aliphatic heterocycles. The van der Waals surface area contributed by atoms with E-state index in [0.29, 0.717) is 0 Å². The van der Waals surface area contributed by atoms with E-state index in [1.54, 1.807) is 18.4 Å². The minimum atomic E-state index is 0.835. The molecule has 4 nitrogen and oxygen atoms in total. The number of hydrogen-bond donors (Lipinski definition) is 2. The van der Waals surface area contributed by atoms with E-state index in [1.165, 1.54) is 10.3 Å². The Kier molecular flexibility index (Phi) is 4.02. The molecule has 0 aliphatic carbocycles. The van der Waals surface area contributed by atoms with Gasteiger partial charge in [0.05, 0.1) is 23.4 Å². The van der Waals surface area contributed by atoms with Gasteiger partial charge in [-0.05, 0) is 49.4 Å². The van der Waals surface area contributed by atoms with Crippen LogP contribution < -0.4 is 4.74 Å². The predicted molar refractivity (Wildman–Crippen MR) is 116 cm³/mol. The number of benzene rings is 2. The first kappa shape index (κ1) is 16.8. The molecule has 2 aromatic carbocycles. The molecule has 0 fully saturated rings. The first-order chi connectivity index (χ1) is 13.7. The lowest BCUT2D eigenvalue weighted by atomic mass is 10.0. The average Bonchev–Trinajstić information content (AvgIpc) is 3.45. The standard InChI is InChI=1S/C23H19N3OS/c1-14-7-12-20(28-14)23-25-21(15-8-10-16(27-2)11-9-15)22(26-23)18-13-24-19-6-4-3-5-17(18)19/h3-13,24H,1-2H3,(H,25,26). The maximum atomic E-state index is 5.31. The molecule has 0 unspecified atom stereocenters. The Morgan fingerprint density at radius 3 is 2.54 bits per heavy atom. The number of hydrogen-bond acceptors (Lipinski definition) is 3. The molecule has 0 saturated carbocycles. The number of para-hydroxylation sites is 1. The number of fused-ring (bicyclic) bond motifs is 1. The maximum Gasteiger partial charge on any atom is 0.148 e. The molecule has 0 bridgehead atoms. The number of nitrogens with zero attached hydrogens (tertiary/aromatic N) is 1. The van der Waals surface area contributed by atoms with Crippen LogP contribution in [0.15, 0.2) is 66.9 Å². The van der Waals surface area contributed by atoms with E-state index in [4.69, 9.17) is 9.72 Å². The van der Waals surface area contributed by atoms with Crippen LogP contribution >= 0.6 is 11.3 Å². The minimum absolute atomic E-state index is 0.835. The molecule has 0 amide bonds. The Morgan fingerprint density at radius 2 is 1.79 bits per heavy atom. The van der Waals surface area contributed by atoms with Crippen molar-refractivity contribution >= 4 is 22.2 Å². The summed E-state index contributed by atoms with van der Waals surface area (Å²) in [6, 6.07) is 20.6. The van der Waals surface area contributed by atoms with Crippen LogP contribution in [0.2, 0.25) is 0 Å². The van der Waals surface area contributed by atoms with Crippen molar-refractivity contribution in [3.8, 4) is 39.0 Å². The second-order valence-electron chi connectivity index (χ2n) is 6.70. The zero-order chi connectivity index (χ0) is 19.1. The molecule has 28 heavy (non-hydrogen) atoms. The quantitative estimate of drug-likeness (QED) is 0.383. The molecule has 2 N–H and O–H groups in total. The largest absolute Gasteiger partial charge is 0.497 e. The second kappa shape index (κ2) is 6.69. The summed E-state index contributed by atoms with van der Waals surface area (Å²) >= 11 is 1.74. The fourth-order valence-electron chi connectivity index (χ4n) is 3.48. The van der Waals surface area contributed by atoms with Gasteiger partial charge in [0, 0.05) is 33.1 Å². The van der Waals surface area contributed by atoms with E-state index in [1.807, 2.05) is 18.2 Å². The van der Waals surface area contributed by atoms with Gasteiger partial charge in [-0.2, -0.15) is 0 Å². The number of imidazole rings is 1. The van der Waals surface area contributed by atoms with Crippen LogP contribution in [0.4, 0.5) is 0 Å². The van der Waals surface area contributed by atoms with Crippen LogP contribution in [0.1, 0.15) is 4.88 Å². The van der Waals surface area contributed by atoms with E-state index >= 15 is 0 Å². The number of methoxy groups -OCH3 is 1. The first-order valence-corrected chi connectivity index (χ1v) is 9.92. The molecule has 0 radical (unpaired) electrons. The molecule has 0 saturated heterocycles. The average molecular weight is 385 g/mol. The lowest BCUT2D eigenvalue weighted by molar-refractivity contribution is 0.415. The number of ether oxygens (including phenoxy) is 1. The zero-order valence-corrected chi connectivity index (χ0v) is 16.4. The van der Waals surface area contributed by atoms with Crippen molar-refractivity contribution in [2.75, 3.05) is 7.11 Å². The van der Waals surface area contributed by atoms with Crippen molar-refractivity contribution in [3.05, 3.63) is 71.7 Å². The van der Waals surface area contributed by atoms with E-state index in [2.05, 4.69) is 65.6 Å². The molecule has 0 atom stereocenters. The van der Waals surface area contributed by atoms with Gasteiger partial charge < -0.3 is 14.7 Å². The minimum Gasteiger partial charge on any atom is -0.497 e. The lowest BCUT2D eigenvalue weighted by Gasteiger charge is -2.04. The van der Waals surface area contributed by atoms with Gasteiger partial charge in [0.15, 0.2) is 0 Å². The van der Waals surface area contributed by atoms with Crippen molar-refractivity contribution in [2.45, 2.75) is 6.92 Å². The third-order valence-corrected chi connectivity index (χ3v) is 5.91. The second-order valence-corrected chi connectivity index (χ2v) is 7.98. The molecule has 3 heterocycles. The van der Waals surface area contributed by atoms with Crippen molar-refractivity contribution in [2.24, 2.45) is 0 Å². The van der Waals surface area contributed by atoms with Crippen LogP contribution in [0.25, 0.3) is 44.1 Å². The highest BCUT2D eigenvalue weighted by molar-refractivity contribution is 7.15. The number of H-pyrrole nitrogens is 2. The fourth-order valence-corrected chi connectivity index (χ4v) is 4.30. The topological polar surface area (TPSA) is 53.7 Å². The van der Waals surface area contributed by atoms with Gasteiger partial charge in [0.1, 0.15) is 11.6 Å². The van der Waals surface area contributed by atoms with Gasteiger partial charge in [0.2, 0.25) is 0 Å². The van der Waals surface area contributed by atoms with Gasteiger partial charge in [0.25, 0.3) is 0 Å². The molecule has 3 aromatic heterocycles. The summed E-state index contributed by atoms with van der Waals surface area (Å²) in [5, 5.41) is 1.18. The third-order valence-electron chi connectivity index (χ3n) is 4.90. The number of aromatic amines is 2. The molecule has 5 rings (SSSR count). The SMILES string of the molecule is COc1ccc(-c2nc(-c3ccc(C)s3)[nH]c2-c2c[nH]c3ccccc23)cc1. The number of thiophene rings is 1. The van der Waals surface area contributed by atoms with Crippen molar-refractivity contribution < 1.29 is 4.74 Å². The van der Waals surface area contributed by atoms with E-state index in [0.717, 1.165) is 44.5 Å². The van der Waals surface area contributed by atoms with Crippen molar-refractivity contribution in [1.29, 1.82) is 0 Å². The Bertz CT molecular complexity index is 1260.